The Balaban J connectivity index is 3.01. The van der Waals surface area contributed by atoms with Crippen molar-refractivity contribution in [3.8, 4) is 0 Å². The minimum absolute atomic E-state index is 0.0212. The van der Waals surface area contributed by atoms with Gasteiger partial charge in [-0.2, -0.15) is 13.2 Å². The lowest BCUT2D eigenvalue weighted by molar-refractivity contribution is -0.127. The van der Waals surface area contributed by atoms with Gasteiger partial charge in [-0.05, 0) is 17.7 Å². The molecule has 0 aliphatic carbocycles. The molecule has 14 heavy (non-hydrogen) atoms. The molecule has 0 aliphatic heterocycles. The van der Waals surface area contributed by atoms with Gasteiger partial charge in [0.15, 0.2) is 0 Å². The number of hydrogen-bond acceptors (Lipinski definition) is 1. The Hall–Kier alpha value is -1.03. The summed E-state index contributed by atoms with van der Waals surface area (Å²) in [6, 6.07) is 3.80. The van der Waals surface area contributed by atoms with Crippen LogP contribution in [0.2, 0.25) is 5.02 Å². The molecule has 0 heterocycles. The van der Waals surface area contributed by atoms with Gasteiger partial charge in [0.2, 0.25) is 0 Å². The molecule has 0 atom stereocenters. The highest BCUT2D eigenvalue weighted by Crippen LogP contribution is 2.26. The van der Waals surface area contributed by atoms with Crippen LogP contribution in [0.1, 0.15) is 15.9 Å². The highest BCUT2D eigenvalue weighted by atomic mass is 35.5. The lowest BCUT2D eigenvalue weighted by Gasteiger charge is -2.08. The van der Waals surface area contributed by atoms with Crippen LogP contribution < -0.4 is 0 Å². The second-order valence-corrected chi connectivity index (χ2v) is 3.17. The zero-order chi connectivity index (χ0) is 10.8. The van der Waals surface area contributed by atoms with E-state index >= 15 is 0 Å². The third-order valence-electron chi connectivity index (χ3n) is 1.60. The van der Waals surface area contributed by atoms with Gasteiger partial charge in [0.1, 0.15) is 6.29 Å². The zero-order valence-electron chi connectivity index (χ0n) is 6.94. The molecule has 0 bridgehead atoms. The van der Waals surface area contributed by atoms with Crippen LogP contribution in [-0.2, 0) is 6.42 Å². The fourth-order valence-corrected chi connectivity index (χ4v) is 1.20. The molecule has 0 fully saturated rings. The molecular formula is C9H6ClF3O. The lowest BCUT2D eigenvalue weighted by Crippen LogP contribution is -2.12. The van der Waals surface area contributed by atoms with Crippen LogP contribution in [0, 0.1) is 0 Å². The number of benzene rings is 1. The van der Waals surface area contributed by atoms with Gasteiger partial charge in [-0.3, -0.25) is 4.79 Å². The minimum atomic E-state index is -4.31. The van der Waals surface area contributed by atoms with Crippen molar-refractivity contribution in [1.82, 2.24) is 0 Å². The Bertz CT molecular complexity index is 346. The Kier molecular flexibility index (Phi) is 3.16. The van der Waals surface area contributed by atoms with E-state index in [2.05, 4.69) is 0 Å². The molecule has 0 saturated carbocycles. The number of carbonyl (C=O) groups is 1. The smallest absolute Gasteiger partial charge is 0.298 e. The molecule has 0 radical (unpaired) electrons. The van der Waals surface area contributed by atoms with Crippen LogP contribution in [0.15, 0.2) is 18.2 Å². The molecule has 0 aliphatic rings. The SMILES string of the molecule is O=Cc1ccc(Cl)c(CC(F)(F)F)c1. The van der Waals surface area contributed by atoms with E-state index in [1.165, 1.54) is 12.1 Å². The second-order valence-electron chi connectivity index (χ2n) is 2.76. The monoisotopic (exact) mass is 222 g/mol. The van der Waals surface area contributed by atoms with Crippen molar-refractivity contribution < 1.29 is 18.0 Å². The van der Waals surface area contributed by atoms with Crippen LogP contribution in [0.3, 0.4) is 0 Å². The summed E-state index contributed by atoms with van der Waals surface area (Å²) < 4.78 is 36.0. The zero-order valence-corrected chi connectivity index (χ0v) is 7.69. The molecule has 1 aromatic rings. The van der Waals surface area contributed by atoms with Gasteiger partial charge < -0.3 is 0 Å². The van der Waals surface area contributed by atoms with Crippen molar-refractivity contribution >= 4 is 17.9 Å². The molecular weight excluding hydrogens is 217 g/mol. The summed E-state index contributed by atoms with van der Waals surface area (Å²) in [4.78, 5) is 10.3. The maximum Gasteiger partial charge on any atom is 0.393 e. The molecule has 0 unspecified atom stereocenters. The molecule has 0 N–H and O–H groups in total. The van der Waals surface area contributed by atoms with Crippen LogP contribution in [0.5, 0.6) is 0 Å². The molecule has 5 heteroatoms. The highest BCUT2D eigenvalue weighted by Gasteiger charge is 2.28. The van der Waals surface area contributed by atoms with Gasteiger partial charge in [0, 0.05) is 10.6 Å². The predicted molar refractivity (Wildman–Crippen MR) is 46.6 cm³/mol. The summed E-state index contributed by atoms with van der Waals surface area (Å²) in [6.07, 6.45) is -4.95. The summed E-state index contributed by atoms with van der Waals surface area (Å²) in [5, 5.41) is 0.0212. The molecule has 1 aromatic carbocycles. The van der Waals surface area contributed by atoms with E-state index in [-0.39, 0.29) is 16.1 Å². The summed E-state index contributed by atoms with van der Waals surface area (Å²) in [5.41, 5.74) is 0.109. The Labute approximate surface area is 83.5 Å². The third kappa shape index (κ3) is 3.03. The maximum absolute atomic E-state index is 12.0. The van der Waals surface area contributed by atoms with E-state index in [1.54, 1.807) is 0 Å². The van der Waals surface area contributed by atoms with E-state index in [1.807, 2.05) is 0 Å². The lowest BCUT2D eigenvalue weighted by atomic mass is 10.1. The summed E-state index contributed by atoms with van der Waals surface area (Å²) in [6.45, 7) is 0. The van der Waals surface area contributed by atoms with Gasteiger partial charge in [-0.25, -0.2) is 0 Å². The summed E-state index contributed by atoms with van der Waals surface area (Å²) in [5.74, 6) is 0. The number of alkyl halides is 3. The van der Waals surface area contributed by atoms with Gasteiger partial charge in [0.25, 0.3) is 0 Å². The molecule has 1 nitrogen and oxygen atoms in total. The number of hydrogen-bond donors (Lipinski definition) is 0. The molecule has 1 rings (SSSR count). The molecule has 0 amide bonds. The van der Waals surface area contributed by atoms with E-state index in [0.717, 1.165) is 6.07 Å². The largest absolute Gasteiger partial charge is 0.393 e. The fourth-order valence-electron chi connectivity index (χ4n) is 1.02. The number of carbonyl (C=O) groups excluding carboxylic acids is 1. The average molecular weight is 223 g/mol. The van der Waals surface area contributed by atoms with E-state index in [9.17, 15) is 18.0 Å². The van der Waals surface area contributed by atoms with Crippen LogP contribution in [-0.4, -0.2) is 12.5 Å². The minimum Gasteiger partial charge on any atom is -0.298 e. The number of halogens is 4. The standard InChI is InChI=1S/C9H6ClF3O/c10-8-2-1-6(5-14)3-7(8)4-9(11,12)13/h1-3,5H,4H2. The maximum atomic E-state index is 12.0. The molecule has 0 saturated heterocycles. The highest BCUT2D eigenvalue weighted by molar-refractivity contribution is 6.31. The number of aldehydes is 1. The van der Waals surface area contributed by atoms with Crippen LogP contribution in [0.4, 0.5) is 13.2 Å². The van der Waals surface area contributed by atoms with E-state index in [0.29, 0.717) is 6.29 Å². The quantitative estimate of drug-likeness (QED) is 0.702. The Morgan fingerprint density at radius 3 is 2.50 bits per heavy atom. The fraction of sp³-hybridized carbons (Fsp3) is 0.222. The van der Waals surface area contributed by atoms with Crippen molar-refractivity contribution in [1.29, 1.82) is 0 Å². The van der Waals surface area contributed by atoms with Gasteiger partial charge in [0.05, 0.1) is 6.42 Å². The van der Waals surface area contributed by atoms with Crippen molar-refractivity contribution in [2.24, 2.45) is 0 Å². The average Bonchev–Trinajstić information content (AvgIpc) is 2.06. The molecule has 76 valence electrons. The molecule has 0 spiro atoms. The van der Waals surface area contributed by atoms with E-state index in [4.69, 9.17) is 11.6 Å². The van der Waals surface area contributed by atoms with Crippen molar-refractivity contribution in [3.63, 3.8) is 0 Å². The van der Waals surface area contributed by atoms with Gasteiger partial charge in [-0.15, -0.1) is 0 Å². The van der Waals surface area contributed by atoms with Crippen LogP contribution >= 0.6 is 11.6 Å². The van der Waals surface area contributed by atoms with E-state index < -0.39 is 12.6 Å². The van der Waals surface area contributed by atoms with Crippen molar-refractivity contribution in [2.75, 3.05) is 0 Å². The van der Waals surface area contributed by atoms with Gasteiger partial charge >= 0.3 is 6.18 Å². The Morgan fingerprint density at radius 1 is 1.36 bits per heavy atom. The third-order valence-corrected chi connectivity index (χ3v) is 1.97. The first-order valence-corrected chi connectivity index (χ1v) is 4.10. The summed E-state index contributed by atoms with van der Waals surface area (Å²) in [7, 11) is 0. The van der Waals surface area contributed by atoms with Crippen LogP contribution in [0.25, 0.3) is 0 Å². The first-order chi connectivity index (χ1) is 6.42. The molecule has 0 aromatic heterocycles. The topological polar surface area (TPSA) is 17.1 Å². The van der Waals surface area contributed by atoms with Crippen molar-refractivity contribution in [3.05, 3.63) is 34.3 Å². The number of rotatable bonds is 2. The first-order valence-electron chi connectivity index (χ1n) is 3.73. The first kappa shape index (κ1) is 11.0. The van der Waals surface area contributed by atoms with Gasteiger partial charge in [-0.1, -0.05) is 17.7 Å². The van der Waals surface area contributed by atoms with Crippen molar-refractivity contribution in [2.45, 2.75) is 12.6 Å². The normalized spacial score (nSPS) is 11.4. The predicted octanol–water partition coefficient (Wildman–Crippen LogP) is 3.26. The second kappa shape index (κ2) is 4.00. The Morgan fingerprint density at radius 2 is 2.00 bits per heavy atom. The summed E-state index contributed by atoms with van der Waals surface area (Å²) >= 11 is 5.54.